The summed E-state index contributed by atoms with van der Waals surface area (Å²) in [5.74, 6) is -0.177. The SMILES string of the molecule is CC(C)(C)c1ccc(NC(=O)/C=C/c2cc3c(cn2)[nH]c2ccccc23)cc1. The first-order valence-electron chi connectivity index (χ1n) is 9.36. The summed E-state index contributed by atoms with van der Waals surface area (Å²) in [4.78, 5) is 20.0. The Morgan fingerprint density at radius 3 is 2.50 bits per heavy atom. The van der Waals surface area contributed by atoms with E-state index in [1.165, 1.54) is 11.6 Å². The van der Waals surface area contributed by atoms with Crippen LogP contribution in [0.25, 0.3) is 27.9 Å². The maximum absolute atomic E-state index is 12.3. The summed E-state index contributed by atoms with van der Waals surface area (Å²) >= 11 is 0. The highest BCUT2D eigenvalue weighted by atomic mass is 16.1. The quantitative estimate of drug-likeness (QED) is 0.457. The molecule has 4 nitrogen and oxygen atoms in total. The van der Waals surface area contributed by atoms with Gasteiger partial charge in [0.1, 0.15) is 0 Å². The van der Waals surface area contributed by atoms with Crippen LogP contribution in [0, 0.1) is 0 Å². The number of hydrogen-bond donors (Lipinski definition) is 2. The predicted molar refractivity (Wildman–Crippen MR) is 116 cm³/mol. The Labute approximate surface area is 164 Å². The molecule has 0 aliphatic heterocycles. The van der Waals surface area contributed by atoms with E-state index in [0.717, 1.165) is 33.2 Å². The molecular weight excluding hydrogens is 346 g/mol. The van der Waals surface area contributed by atoms with E-state index in [1.807, 2.05) is 48.5 Å². The molecule has 0 fully saturated rings. The van der Waals surface area contributed by atoms with Crippen LogP contribution < -0.4 is 5.32 Å². The first kappa shape index (κ1) is 18.0. The fourth-order valence-electron chi connectivity index (χ4n) is 3.26. The number of rotatable bonds is 3. The summed E-state index contributed by atoms with van der Waals surface area (Å²) in [7, 11) is 0. The molecule has 0 aliphatic carbocycles. The van der Waals surface area contributed by atoms with E-state index in [2.05, 4.69) is 42.1 Å². The Morgan fingerprint density at radius 1 is 1.00 bits per heavy atom. The van der Waals surface area contributed by atoms with Crippen molar-refractivity contribution >= 4 is 39.5 Å². The molecule has 0 aliphatic rings. The molecule has 4 heteroatoms. The van der Waals surface area contributed by atoms with Gasteiger partial charge in [-0.15, -0.1) is 0 Å². The molecule has 4 aromatic rings. The third kappa shape index (κ3) is 3.67. The number of para-hydroxylation sites is 1. The Kier molecular flexibility index (Phi) is 4.47. The molecule has 0 saturated heterocycles. The Bertz CT molecular complexity index is 1180. The van der Waals surface area contributed by atoms with E-state index in [9.17, 15) is 4.79 Å². The maximum Gasteiger partial charge on any atom is 0.248 e. The van der Waals surface area contributed by atoms with Crippen LogP contribution in [0.15, 0.2) is 66.9 Å². The number of carbonyl (C=O) groups is 1. The minimum absolute atomic E-state index is 0.0924. The Morgan fingerprint density at radius 2 is 1.75 bits per heavy atom. The van der Waals surface area contributed by atoms with Gasteiger partial charge in [0.2, 0.25) is 5.91 Å². The van der Waals surface area contributed by atoms with Gasteiger partial charge < -0.3 is 10.3 Å². The van der Waals surface area contributed by atoms with Gasteiger partial charge in [0, 0.05) is 28.1 Å². The number of benzene rings is 2. The normalized spacial score (nSPS) is 12.1. The molecule has 2 aromatic heterocycles. The molecule has 140 valence electrons. The number of nitrogens with zero attached hydrogens (tertiary/aromatic N) is 1. The van der Waals surface area contributed by atoms with Crippen LogP contribution in [0.2, 0.25) is 0 Å². The van der Waals surface area contributed by atoms with Gasteiger partial charge in [0.15, 0.2) is 0 Å². The number of amides is 1. The summed E-state index contributed by atoms with van der Waals surface area (Å²) in [5, 5.41) is 5.14. The van der Waals surface area contributed by atoms with Crippen LogP contribution >= 0.6 is 0 Å². The largest absolute Gasteiger partial charge is 0.353 e. The number of pyridine rings is 1. The second kappa shape index (κ2) is 6.97. The first-order chi connectivity index (χ1) is 13.4. The van der Waals surface area contributed by atoms with Gasteiger partial charge in [-0.05, 0) is 41.3 Å². The van der Waals surface area contributed by atoms with Crippen molar-refractivity contribution in [2.45, 2.75) is 26.2 Å². The molecule has 28 heavy (non-hydrogen) atoms. The highest BCUT2D eigenvalue weighted by Gasteiger charge is 2.13. The predicted octanol–water partition coefficient (Wildman–Crippen LogP) is 5.67. The van der Waals surface area contributed by atoms with Crippen molar-refractivity contribution in [2.75, 3.05) is 5.32 Å². The van der Waals surface area contributed by atoms with Crippen LogP contribution in [0.5, 0.6) is 0 Å². The monoisotopic (exact) mass is 369 g/mol. The standard InChI is InChI=1S/C24H23N3O/c1-24(2,3)16-8-10-17(11-9-16)26-23(28)13-12-18-14-20-19-6-4-5-7-21(19)27-22(20)15-25-18/h4-15,27H,1-3H3,(H,26,28)/b13-12+. The number of anilines is 1. The molecule has 1 amide bonds. The van der Waals surface area contributed by atoms with E-state index in [1.54, 1.807) is 12.3 Å². The lowest BCUT2D eigenvalue weighted by Gasteiger charge is -2.19. The third-order valence-electron chi connectivity index (χ3n) is 4.84. The first-order valence-corrected chi connectivity index (χ1v) is 9.36. The number of fused-ring (bicyclic) bond motifs is 3. The van der Waals surface area contributed by atoms with E-state index < -0.39 is 0 Å². The molecule has 0 atom stereocenters. The minimum atomic E-state index is -0.177. The fourth-order valence-corrected chi connectivity index (χ4v) is 3.26. The molecule has 0 bridgehead atoms. The maximum atomic E-state index is 12.3. The molecule has 2 aromatic carbocycles. The molecule has 0 radical (unpaired) electrons. The minimum Gasteiger partial charge on any atom is -0.353 e. The van der Waals surface area contributed by atoms with Crippen molar-refractivity contribution in [2.24, 2.45) is 0 Å². The van der Waals surface area contributed by atoms with Crippen molar-refractivity contribution < 1.29 is 4.79 Å². The summed E-state index contributed by atoms with van der Waals surface area (Å²) in [6.07, 6.45) is 5.05. The lowest BCUT2D eigenvalue weighted by molar-refractivity contribution is -0.111. The zero-order valence-corrected chi connectivity index (χ0v) is 16.3. The smallest absolute Gasteiger partial charge is 0.248 e. The van der Waals surface area contributed by atoms with Gasteiger partial charge in [-0.2, -0.15) is 0 Å². The fraction of sp³-hybridized carbons (Fsp3) is 0.167. The van der Waals surface area contributed by atoms with E-state index in [0.29, 0.717) is 0 Å². The lowest BCUT2D eigenvalue weighted by Crippen LogP contribution is -2.12. The average Bonchev–Trinajstić information content (AvgIpc) is 3.04. The zero-order chi connectivity index (χ0) is 19.7. The molecule has 0 saturated carbocycles. The van der Waals surface area contributed by atoms with Crippen molar-refractivity contribution in [1.82, 2.24) is 9.97 Å². The van der Waals surface area contributed by atoms with Crippen LogP contribution in [0.1, 0.15) is 32.0 Å². The Hall–Kier alpha value is -3.40. The number of aromatic nitrogens is 2. The molecule has 2 N–H and O–H groups in total. The second-order valence-electron chi connectivity index (χ2n) is 7.98. The van der Waals surface area contributed by atoms with Crippen LogP contribution in [0.3, 0.4) is 0 Å². The number of carbonyl (C=O) groups excluding carboxylic acids is 1. The van der Waals surface area contributed by atoms with Gasteiger partial charge in [0.25, 0.3) is 0 Å². The topological polar surface area (TPSA) is 57.8 Å². The van der Waals surface area contributed by atoms with Gasteiger partial charge >= 0.3 is 0 Å². The van der Waals surface area contributed by atoms with Crippen LogP contribution in [-0.4, -0.2) is 15.9 Å². The number of hydrogen-bond acceptors (Lipinski definition) is 2. The average molecular weight is 369 g/mol. The third-order valence-corrected chi connectivity index (χ3v) is 4.84. The van der Waals surface area contributed by atoms with Crippen LogP contribution in [0.4, 0.5) is 5.69 Å². The lowest BCUT2D eigenvalue weighted by atomic mass is 9.87. The highest BCUT2D eigenvalue weighted by Crippen LogP contribution is 2.25. The number of nitrogens with one attached hydrogen (secondary N) is 2. The van der Waals surface area contributed by atoms with Gasteiger partial charge in [0.05, 0.1) is 17.4 Å². The molecule has 2 heterocycles. The molecule has 4 rings (SSSR count). The Balaban J connectivity index is 1.50. The van der Waals surface area contributed by atoms with Crippen molar-refractivity contribution in [3.8, 4) is 0 Å². The van der Waals surface area contributed by atoms with Gasteiger partial charge in [-0.1, -0.05) is 51.1 Å². The molecular formula is C24H23N3O. The zero-order valence-electron chi connectivity index (χ0n) is 16.3. The van der Waals surface area contributed by atoms with Gasteiger partial charge in [-0.25, -0.2) is 0 Å². The van der Waals surface area contributed by atoms with Gasteiger partial charge in [-0.3, -0.25) is 9.78 Å². The second-order valence-corrected chi connectivity index (χ2v) is 7.98. The van der Waals surface area contributed by atoms with E-state index >= 15 is 0 Å². The molecule has 0 unspecified atom stereocenters. The van der Waals surface area contributed by atoms with Crippen molar-refractivity contribution in [3.05, 3.63) is 78.1 Å². The highest BCUT2D eigenvalue weighted by molar-refractivity contribution is 6.07. The summed E-state index contributed by atoms with van der Waals surface area (Å²) in [6, 6.07) is 18.1. The summed E-state index contributed by atoms with van der Waals surface area (Å²) < 4.78 is 0. The van der Waals surface area contributed by atoms with E-state index in [4.69, 9.17) is 0 Å². The van der Waals surface area contributed by atoms with E-state index in [-0.39, 0.29) is 11.3 Å². The van der Waals surface area contributed by atoms with Crippen molar-refractivity contribution in [1.29, 1.82) is 0 Å². The number of aromatic amines is 1. The number of H-pyrrole nitrogens is 1. The van der Waals surface area contributed by atoms with Crippen molar-refractivity contribution in [3.63, 3.8) is 0 Å². The summed E-state index contributed by atoms with van der Waals surface area (Å²) in [6.45, 7) is 6.50. The summed E-state index contributed by atoms with van der Waals surface area (Å²) in [5.41, 5.74) is 4.92. The van der Waals surface area contributed by atoms with Crippen LogP contribution in [-0.2, 0) is 10.2 Å². The molecule has 0 spiro atoms.